The maximum Gasteiger partial charge on any atom is 0.251 e. The fraction of sp³-hybridized carbons (Fsp3) is 0.0833. The first-order valence-electron chi connectivity index (χ1n) is 5.12. The van der Waals surface area contributed by atoms with Crippen molar-refractivity contribution in [2.45, 2.75) is 6.54 Å². The zero-order chi connectivity index (χ0) is 13.1. The zero-order valence-corrected chi connectivity index (χ0v) is 13.2. The van der Waals surface area contributed by atoms with E-state index in [1.165, 1.54) is 0 Å². The van der Waals surface area contributed by atoms with Gasteiger partial charge in [0.15, 0.2) is 0 Å². The first-order chi connectivity index (χ1) is 8.54. The molecule has 0 saturated heterocycles. The molecule has 3 nitrogen and oxygen atoms in total. The van der Waals surface area contributed by atoms with E-state index in [2.05, 4.69) is 37.2 Å². The van der Waals surface area contributed by atoms with Crippen LogP contribution in [-0.4, -0.2) is 5.91 Å². The summed E-state index contributed by atoms with van der Waals surface area (Å²) >= 11 is 8.29. The van der Waals surface area contributed by atoms with Crippen LogP contribution in [0, 0.1) is 0 Å². The van der Waals surface area contributed by atoms with E-state index in [0.717, 1.165) is 13.8 Å². The van der Waals surface area contributed by atoms with Crippen LogP contribution in [0.4, 0.5) is 5.69 Å². The van der Waals surface area contributed by atoms with E-state index < -0.39 is 0 Å². The quantitative estimate of drug-likeness (QED) is 0.784. The summed E-state index contributed by atoms with van der Waals surface area (Å²) in [7, 11) is 0. The predicted octanol–water partition coefficient (Wildman–Crippen LogP) is 3.79. The van der Waals surface area contributed by atoms with E-state index >= 15 is 0 Å². The number of nitrogen functional groups attached to an aromatic ring is 1. The maximum atomic E-state index is 11.9. The Bertz CT molecular complexity index is 563. The van der Waals surface area contributed by atoms with E-state index in [-0.39, 0.29) is 5.91 Å². The molecule has 1 amide bonds. The van der Waals surface area contributed by atoms with Crippen molar-refractivity contribution in [3.05, 3.63) is 49.0 Å². The number of nitrogens with two attached hydrogens (primary N) is 1. The summed E-state index contributed by atoms with van der Waals surface area (Å²) in [5.74, 6) is -0.132. The minimum Gasteiger partial charge on any atom is -0.399 e. The second kappa shape index (κ2) is 5.86. The summed E-state index contributed by atoms with van der Waals surface area (Å²) in [6.45, 7) is 0.515. The van der Waals surface area contributed by atoms with Gasteiger partial charge in [-0.1, -0.05) is 15.9 Å². The van der Waals surface area contributed by atoms with Crippen LogP contribution in [-0.2, 0) is 6.54 Å². The third kappa shape index (κ3) is 3.57. The van der Waals surface area contributed by atoms with Crippen LogP contribution in [0.25, 0.3) is 0 Å². The Labute approximate surface area is 126 Å². The SMILES string of the molecule is Nc1cc(Br)cc(C(=O)NCc2cc(Br)cs2)c1. The average molecular weight is 390 g/mol. The smallest absolute Gasteiger partial charge is 0.251 e. The summed E-state index contributed by atoms with van der Waals surface area (Å²) in [5, 5.41) is 4.84. The van der Waals surface area contributed by atoms with Crippen molar-refractivity contribution in [1.82, 2.24) is 5.32 Å². The molecule has 0 saturated carbocycles. The molecule has 1 aromatic heterocycles. The monoisotopic (exact) mass is 388 g/mol. The first kappa shape index (κ1) is 13.6. The van der Waals surface area contributed by atoms with E-state index in [0.29, 0.717) is 17.8 Å². The molecule has 1 aromatic carbocycles. The van der Waals surface area contributed by atoms with E-state index in [1.54, 1.807) is 29.5 Å². The third-order valence-electron chi connectivity index (χ3n) is 2.23. The topological polar surface area (TPSA) is 55.1 Å². The second-order valence-corrected chi connectivity index (χ2v) is 6.51. The van der Waals surface area contributed by atoms with Crippen molar-refractivity contribution >= 4 is 54.8 Å². The van der Waals surface area contributed by atoms with Crippen LogP contribution < -0.4 is 11.1 Å². The number of rotatable bonds is 3. The number of nitrogens with one attached hydrogen (secondary N) is 1. The predicted molar refractivity (Wildman–Crippen MR) is 81.7 cm³/mol. The molecule has 0 fully saturated rings. The van der Waals surface area contributed by atoms with Crippen molar-refractivity contribution in [1.29, 1.82) is 0 Å². The molecule has 6 heteroatoms. The average Bonchev–Trinajstić information content (AvgIpc) is 2.70. The highest BCUT2D eigenvalue weighted by Gasteiger charge is 2.07. The van der Waals surface area contributed by atoms with Gasteiger partial charge in [-0.25, -0.2) is 0 Å². The lowest BCUT2D eigenvalue weighted by Crippen LogP contribution is -2.22. The molecule has 0 atom stereocenters. The van der Waals surface area contributed by atoms with Gasteiger partial charge in [0.2, 0.25) is 0 Å². The van der Waals surface area contributed by atoms with Crippen LogP contribution in [0.3, 0.4) is 0 Å². The second-order valence-electron chi connectivity index (χ2n) is 3.69. The van der Waals surface area contributed by atoms with E-state index in [9.17, 15) is 4.79 Å². The summed E-state index contributed by atoms with van der Waals surface area (Å²) in [4.78, 5) is 13.0. The molecule has 2 rings (SSSR count). The number of thiophene rings is 1. The molecule has 0 aliphatic carbocycles. The number of carbonyl (C=O) groups excluding carboxylic acids is 1. The Morgan fingerprint density at radius 1 is 1.22 bits per heavy atom. The number of carbonyl (C=O) groups is 1. The Morgan fingerprint density at radius 3 is 2.61 bits per heavy atom. The van der Waals surface area contributed by atoms with Crippen molar-refractivity contribution in [3.8, 4) is 0 Å². The molecule has 0 aliphatic rings. The van der Waals surface area contributed by atoms with Crippen LogP contribution in [0.15, 0.2) is 38.6 Å². The number of benzene rings is 1. The normalized spacial score (nSPS) is 10.3. The first-order valence-corrected chi connectivity index (χ1v) is 7.58. The Balaban J connectivity index is 2.03. The van der Waals surface area contributed by atoms with Crippen LogP contribution in [0.1, 0.15) is 15.2 Å². The molecule has 0 aliphatic heterocycles. The Morgan fingerprint density at radius 2 is 2.00 bits per heavy atom. The molecule has 0 bridgehead atoms. The van der Waals surface area contributed by atoms with E-state index in [4.69, 9.17) is 5.73 Å². The number of amides is 1. The summed E-state index contributed by atoms with van der Waals surface area (Å²) < 4.78 is 1.83. The van der Waals surface area contributed by atoms with Gasteiger partial charge < -0.3 is 11.1 Å². The molecule has 3 N–H and O–H groups in total. The van der Waals surface area contributed by atoms with Crippen molar-refractivity contribution in [3.63, 3.8) is 0 Å². The van der Waals surface area contributed by atoms with Gasteiger partial charge in [-0.3, -0.25) is 4.79 Å². The third-order valence-corrected chi connectivity index (χ3v) is 4.38. The van der Waals surface area contributed by atoms with Crippen molar-refractivity contribution in [2.24, 2.45) is 0 Å². The molecule has 0 spiro atoms. The fourth-order valence-electron chi connectivity index (χ4n) is 1.46. The minimum absolute atomic E-state index is 0.132. The summed E-state index contributed by atoms with van der Waals surface area (Å²) in [6, 6.07) is 7.15. The Hall–Kier alpha value is -0.850. The van der Waals surface area contributed by atoms with Gasteiger partial charge in [-0.05, 0) is 40.2 Å². The van der Waals surface area contributed by atoms with Gasteiger partial charge in [0, 0.05) is 30.5 Å². The van der Waals surface area contributed by atoms with Crippen LogP contribution >= 0.6 is 43.2 Å². The lowest BCUT2D eigenvalue weighted by molar-refractivity contribution is 0.0951. The highest BCUT2D eigenvalue weighted by Crippen LogP contribution is 2.20. The van der Waals surface area contributed by atoms with Crippen molar-refractivity contribution < 1.29 is 4.79 Å². The highest BCUT2D eigenvalue weighted by molar-refractivity contribution is 9.10. The fourth-order valence-corrected chi connectivity index (χ4v) is 3.36. The van der Waals surface area contributed by atoms with Gasteiger partial charge in [0.05, 0.1) is 6.54 Å². The van der Waals surface area contributed by atoms with Gasteiger partial charge in [0.1, 0.15) is 0 Å². The number of anilines is 1. The van der Waals surface area contributed by atoms with Gasteiger partial charge in [0.25, 0.3) is 5.91 Å². The molecule has 1 heterocycles. The minimum atomic E-state index is -0.132. The molecule has 0 radical (unpaired) electrons. The number of hydrogen-bond acceptors (Lipinski definition) is 3. The summed E-state index contributed by atoms with van der Waals surface area (Å²) in [5.41, 5.74) is 6.81. The van der Waals surface area contributed by atoms with Crippen molar-refractivity contribution in [2.75, 3.05) is 5.73 Å². The standard InChI is InChI=1S/C12H10Br2N2OS/c13-8-1-7(2-10(15)3-8)12(17)16-5-11-4-9(14)6-18-11/h1-4,6H,5,15H2,(H,16,17). The molecule has 0 unspecified atom stereocenters. The molecular formula is C12H10Br2N2OS. The van der Waals surface area contributed by atoms with E-state index in [1.807, 2.05) is 11.4 Å². The van der Waals surface area contributed by atoms with Crippen LogP contribution in [0.5, 0.6) is 0 Å². The van der Waals surface area contributed by atoms with Gasteiger partial charge >= 0.3 is 0 Å². The molecule has 18 heavy (non-hydrogen) atoms. The molecule has 94 valence electrons. The largest absolute Gasteiger partial charge is 0.399 e. The van der Waals surface area contributed by atoms with Gasteiger partial charge in [-0.15, -0.1) is 11.3 Å². The van der Waals surface area contributed by atoms with Gasteiger partial charge in [-0.2, -0.15) is 0 Å². The highest BCUT2D eigenvalue weighted by atomic mass is 79.9. The summed E-state index contributed by atoms with van der Waals surface area (Å²) in [6.07, 6.45) is 0. The maximum absolute atomic E-state index is 11.9. The van der Waals surface area contributed by atoms with Crippen LogP contribution in [0.2, 0.25) is 0 Å². The Kier molecular flexibility index (Phi) is 4.42. The lowest BCUT2D eigenvalue weighted by atomic mass is 10.2. The molecular weight excluding hydrogens is 380 g/mol. The lowest BCUT2D eigenvalue weighted by Gasteiger charge is -2.05. The number of halogens is 2. The zero-order valence-electron chi connectivity index (χ0n) is 9.24. The molecule has 2 aromatic rings. The number of hydrogen-bond donors (Lipinski definition) is 2.